The van der Waals surface area contributed by atoms with Crippen molar-refractivity contribution >= 4 is 28.8 Å². The van der Waals surface area contributed by atoms with E-state index in [1.54, 1.807) is 24.3 Å². The maximum atomic E-state index is 11.1. The lowest BCUT2D eigenvalue weighted by atomic mass is 9.98. The number of hydrogen-bond donors (Lipinski definition) is 2. The van der Waals surface area contributed by atoms with Gasteiger partial charge >= 0.3 is 0 Å². The number of nitrogens with zero attached hydrogens (tertiary/aromatic N) is 2. The summed E-state index contributed by atoms with van der Waals surface area (Å²) in [7, 11) is 0. The quantitative estimate of drug-likeness (QED) is 0.679. The third-order valence-corrected chi connectivity index (χ3v) is 4.13. The highest BCUT2D eigenvalue weighted by atomic mass is 35.5. The summed E-state index contributed by atoms with van der Waals surface area (Å²) in [6, 6.07) is 18.9. The molecule has 0 aliphatic carbocycles. The van der Waals surface area contributed by atoms with Crippen molar-refractivity contribution < 1.29 is 9.78 Å². The first-order valence-corrected chi connectivity index (χ1v) is 7.29. The van der Waals surface area contributed by atoms with E-state index in [1.807, 2.05) is 41.1 Å². The van der Waals surface area contributed by atoms with Crippen molar-refractivity contribution in [3.63, 3.8) is 0 Å². The molecule has 3 aromatic rings. The van der Waals surface area contributed by atoms with Crippen LogP contribution in [0.3, 0.4) is 0 Å². The van der Waals surface area contributed by atoms with Gasteiger partial charge in [-0.2, -0.15) is 0 Å². The van der Waals surface area contributed by atoms with Gasteiger partial charge in [-0.3, -0.25) is 0 Å². The average molecular weight is 311 g/mol. The van der Waals surface area contributed by atoms with Gasteiger partial charge in [0, 0.05) is 28.1 Å². The van der Waals surface area contributed by atoms with Crippen LogP contribution in [0.25, 0.3) is 10.9 Å². The highest BCUT2D eigenvalue weighted by Crippen LogP contribution is 2.31. The van der Waals surface area contributed by atoms with Gasteiger partial charge in [0.05, 0.1) is 0 Å². The van der Waals surface area contributed by atoms with E-state index in [-0.39, 0.29) is 0 Å². The van der Waals surface area contributed by atoms with Crippen LogP contribution in [0.5, 0.6) is 0 Å². The molecule has 1 aliphatic rings. The van der Waals surface area contributed by atoms with Crippen molar-refractivity contribution in [2.24, 2.45) is 4.99 Å². The summed E-state index contributed by atoms with van der Waals surface area (Å²) in [6.07, 6.45) is 1.51. The molecule has 0 bridgehead atoms. The summed E-state index contributed by atoms with van der Waals surface area (Å²) < 4.78 is 1.84. The van der Waals surface area contributed by atoms with Gasteiger partial charge in [0.25, 0.3) is 11.4 Å². The zero-order chi connectivity index (χ0) is 15.2. The van der Waals surface area contributed by atoms with E-state index in [4.69, 9.17) is 11.6 Å². The molecule has 4 rings (SSSR count). The molecular formula is C17H13ClN3O+. The van der Waals surface area contributed by atoms with Crippen LogP contribution in [-0.2, 0) is 5.72 Å². The molecule has 1 aromatic heterocycles. The third kappa shape index (κ3) is 1.89. The third-order valence-electron chi connectivity index (χ3n) is 3.88. The first kappa shape index (κ1) is 13.2. The zero-order valence-electron chi connectivity index (χ0n) is 11.6. The Morgan fingerprint density at radius 2 is 1.77 bits per heavy atom. The lowest BCUT2D eigenvalue weighted by Crippen LogP contribution is -2.56. The van der Waals surface area contributed by atoms with Gasteiger partial charge in [-0.05, 0) is 24.3 Å². The second-order valence-corrected chi connectivity index (χ2v) is 5.62. The number of halogens is 1. The Labute approximate surface area is 132 Å². The molecule has 5 heteroatoms. The molecule has 0 fully saturated rings. The van der Waals surface area contributed by atoms with Gasteiger partial charge in [-0.15, -0.1) is 5.43 Å². The predicted octanol–water partition coefficient (Wildman–Crippen LogP) is 2.56. The molecule has 4 nitrogen and oxygen atoms in total. The molecule has 2 heterocycles. The Bertz CT molecular complexity index is 892. The molecule has 108 valence electrons. The van der Waals surface area contributed by atoms with Crippen molar-refractivity contribution in [2.45, 2.75) is 5.72 Å². The van der Waals surface area contributed by atoms with E-state index < -0.39 is 5.72 Å². The highest BCUT2D eigenvalue weighted by molar-refractivity contribution is 6.30. The van der Waals surface area contributed by atoms with Crippen LogP contribution in [0.15, 0.2) is 65.7 Å². The summed E-state index contributed by atoms with van der Waals surface area (Å²) in [5.74, 6) is 0. The Kier molecular flexibility index (Phi) is 2.89. The molecular weight excluding hydrogens is 298 g/mol. The molecule has 1 aliphatic heterocycles. The summed E-state index contributed by atoms with van der Waals surface area (Å²) in [4.78, 5) is 4.26. The number of fused-ring (bicyclic) bond motifs is 3. The van der Waals surface area contributed by atoms with Crippen molar-refractivity contribution in [3.05, 3.63) is 76.9 Å². The number of rotatable bonds is 1. The van der Waals surface area contributed by atoms with Gasteiger partial charge in [-0.25, -0.2) is 4.99 Å². The molecule has 1 unspecified atom stereocenters. The number of aromatic nitrogens is 1. The molecule has 1 atom stereocenters. The van der Waals surface area contributed by atoms with Crippen molar-refractivity contribution in [2.75, 3.05) is 5.43 Å². The average Bonchev–Trinajstić information content (AvgIpc) is 2.55. The van der Waals surface area contributed by atoms with E-state index in [0.29, 0.717) is 16.3 Å². The fourth-order valence-electron chi connectivity index (χ4n) is 2.77. The lowest BCUT2D eigenvalue weighted by molar-refractivity contribution is -0.630. The molecule has 0 radical (unpaired) electrons. The molecule has 22 heavy (non-hydrogen) atoms. The number of aliphatic hydroxyl groups is 1. The molecule has 2 N–H and O–H groups in total. The normalized spacial score (nSPS) is 19.7. The molecule has 0 spiro atoms. The van der Waals surface area contributed by atoms with Gasteiger partial charge in [0.2, 0.25) is 5.52 Å². The van der Waals surface area contributed by atoms with Crippen LogP contribution in [0.4, 0.5) is 0 Å². The number of benzene rings is 2. The van der Waals surface area contributed by atoms with Crippen LogP contribution < -0.4 is 10.1 Å². The minimum absolute atomic E-state index is 0.622. The maximum absolute atomic E-state index is 11.1. The number of hydrogen-bond acceptors (Lipinski definition) is 3. The first-order valence-electron chi connectivity index (χ1n) is 6.91. The smallest absolute Gasteiger partial charge is 0.273 e. The molecule has 0 amide bonds. The fraction of sp³-hybridized carbons (Fsp3) is 0.0588. The van der Waals surface area contributed by atoms with Crippen LogP contribution in [0.2, 0.25) is 5.02 Å². The van der Waals surface area contributed by atoms with Gasteiger partial charge in [-0.1, -0.05) is 40.5 Å². The van der Waals surface area contributed by atoms with Crippen LogP contribution >= 0.6 is 11.6 Å². The highest BCUT2D eigenvalue weighted by Gasteiger charge is 2.42. The van der Waals surface area contributed by atoms with E-state index >= 15 is 0 Å². The Morgan fingerprint density at radius 1 is 1.00 bits per heavy atom. The van der Waals surface area contributed by atoms with Crippen LogP contribution in [-0.4, -0.2) is 11.4 Å². The fourth-order valence-corrected chi connectivity index (χ4v) is 2.89. The van der Waals surface area contributed by atoms with Gasteiger partial charge < -0.3 is 5.11 Å². The van der Waals surface area contributed by atoms with E-state index in [9.17, 15) is 5.11 Å². The molecule has 0 saturated carbocycles. The van der Waals surface area contributed by atoms with Gasteiger partial charge in [0.15, 0.2) is 0 Å². The summed E-state index contributed by atoms with van der Waals surface area (Å²) >= 11 is 5.94. The summed E-state index contributed by atoms with van der Waals surface area (Å²) in [5, 5.41) is 12.8. The number of para-hydroxylation sites is 1. The van der Waals surface area contributed by atoms with Crippen LogP contribution in [0.1, 0.15) is 11.3 Å². The minimum atomic E-state index is -1.44. The van der Waals surface area contributed by atoms with Crippen molar-refractivity contribution in [1.29, 1.82) is 0 Å². The number of nitrogens with one attached hydrogen (secondary N) is 1. The lowest BCUT2D eigenvalue weighted by Gasteiger charge is -2.24. The maximum Gasteiger partial charge on any atom is 0.273 e. The van der Waals surface area contributed by atoms with Crippen molar-refractivity contribution in [3.8, 4) is 0 Å². The first-order chi connectivity index (χ1) is 10.7. The topological polar surface area (TPSA) is 48.5 Å². The Morgan fingerprint density at radius 3 is 2.59 bits per heavy atom. The summed E-state index contributed by atoms with van der Waals surface area (Å²) in [5.41, 5.74) is 3.92. The SMILES string of the molecule is OC1(c2ccc(Cl)cc2)N=CN[n+]2c1ccc1ccccc12. The largest absolute Gasteiger partial charge is 0.357 e. The molecule has 2 aromatic carbocycles. The number of aliphatic imine (C=N–C) groups is 1. The van der Waals surface area contributed by atoms with Crippen LogP contribution in [0, 0.1) is 0 Å². The Hall–Kier alpha value is -2.43. The standard InChI is InChI=1S/C17H13ClN3O/c18-14-8-6-13(7-9-14)17(22)16-10-5-12-3-1-2-4-15(12)21(16)20-11-19-17/h1-11,22H,(H,19,20)/q+1. The number of pyridine rings is 1. The molecule has 0 saturated heterocycles. The minimum Gasteiger partial charge on any atom is -0.357 e. The predicted molar refractivity (Wildman–Crippen MR) is 86.4 cm³/mol. The van der Waals surface area contributed by atoms with E-state index in [2.05, 4.69) is 10.4 Å². The zero-order valence-corrected chi connectivity index (χ0v) is 12.3. The van der Waals surface area contributed by atoms with E-state index in [1.165, 1.54) is 6.34 Å². The monoisotopic (exact) mass is 310 g/mol. The van der Waals surface area contributed by atoms with Crippen molar-refractivity contribution in [1.82, 2.24) is 0 Å². The summed E-state index contributed by atoms with van der Waals surface area (Å²) in [6.45, 7) is 0. The Balaban J connectivity index is 1.97. The second-order valence-electron chi connectivity index (χ2n) is 5.18. The second kappa shape index (κ2) is 4.80. The van der Waals surface area contributed by atoms with Gasteiger partial charge in [0.1, 0.15) is 6.34 Å². The van der Waals surface area contributed by atoms with E-state index in [0.717, 1.165) is 10.9 Å².